The minimum atomic E-state index is -1.04. The summed E-state index contributed by atoms with van der Waals surface area (Å²) in [5, 5.41) is 17.8. The van der Waals surface area contributed by atoms with Gasteiger partial charge in [-0.3, -0.25) is 0 Å². The van der Waals surface area contributed by atoms with Gasteiger partial charge in [0, 0.05) is 16.7 Å². The van der Waals surface area contributed by atoms with Gasteiger partial charge in [-0.1, -0.05) is 29.7 Å². The molecule has 0 radical (unpaired) electrons. The third-order valence-corrected chi connectivity index (χ3v) is 2.96. The summed E-state index contributed by atoms with van der Waals surface area (Å²) in [5.74, 6) is 10.6. The molecule has 0 fully saturated rings. The van der Waals surface area contributed by atoms with E-state index in [-0.39, 0.29) is 17.9 Å². The fourth-order valence-electron chi connectivity index (χ4n) is 1.91. The molecule has 23 heavy (non-hydrogen) atoms. The maximum atomic E-state index is 11.0. The normalized spacial score (nSPS) is 9.13. The molecule has 0 unspecified atom stereocenters. The van der Waals surface area contributed by atoms with Gasteiger partial charge in [-0.2, -0.15) is 0 Å². The minimum Gasteiger partial charge on any atom is -0.496 e. The van der Waals surface area contributed by atoms with E-state index >= 15 is 0 Å². The molecule has 2 aromatic carbocycles. The molecule has 0 saturated heterocycles. The van der Waals surface area contributed by atoms with E-state index in [4.69, 9.17) is 14.9 Å². The fraction of sp³-hybridized carbons (Fsp3) is 0.105. The number of hydrogen-bond acceptors (Lipinski definition) is 3. The summed E-state index contributed by atoms with van der Waals surface area (Å²) >= 11 is 0. The number of benzene rings is 2. The number of carboxylic acid groups (broad SMARTS) is 1. The minimum absolute atomic E-state index is 0.0966. The van der Waals surface area contributed by atoms with Crippen molar-refractivity contribution in [2.75, 3.05) is 13.7 Å². The van der Waals surface area contributed by atoms with E-state index in [1.54, 1.807) is 12.1 Å². The maximum absolute atomic E-state index is 11.0. The highest BCUT2D eigenvalue weighted by Gasteiger charge is 2.10. The predicted molar refractivity (Wildman–Crippen MR) is 86.3 cm³/mol. The van der Waals surface area contributed by atoms with Crippen molar-refractivity contribution < 1.29 is 19.7 Å². The highest BCUT2D eigenvalue weighted by Crippen LogP contribution is 2.19. The summed E-state index contributed by atoms with van der Waals surface area (Å²) in [6, 6.07) is 12.0. The molecular weight excluding hydrogens is 292 g/mol. The lowest BCUT2D eigenvalue weighted by Gasteiger charge is -2.04. The van der Waals surface area contributed by atoms with Crippen molar-refractivity contribution in [3.05, 3.63) is 64.7 Å². The Morgan fingerprint density at radius 1 is 1.04 bits per heavy atom. The maximum Gasteiger partial charge on any atom is 0.339 e. The Labute approximate surface area is 134 Å². The highest BCUT2D eigenvalue weighted by atomic mass is 16.5. The molecule has 0 aliphatic rings. The van der Waals surface area contributed by atoms with Crippen LogP contribution in [-0.2, 0) is 0 Å². The second-order valence-electron chi connectivity index (χ2n) is 4.51. The molecule has 4 heteroatoms. The van der Waals surface area contributed by atoms with Crippen molar-refractivity contribution in [3.8, 4) is 29.4 Å². The van der Waals surface area contributed by atoms with Crippen molar-refractivity contribution >= 4 is 5.97 Å². The standard InChI is InChI=1S/C19H14O4/c1-23-18-13-16(9-10-17(18)19(21)22)8-7-15-5-2-4-14(12-15)6-3-11-20/h2,4-5,9-10,12-13,20H,11H2,1H3,(H,21,22). The van der Waals surface area contributed by atoms with Gasteiger partial charge in [0.2, 0.25) is 0 Å². The van der Waals surface area contributed by atoms with Gasteiger partial charge in [-0.05, 0) is 36.4 Å². The third-order valence-electron chi connectivity index (χ3n) is 2.96. The van der Waals surface area contributed by atoms with Crippen LogP contribution in [0.1, 0.15) is 27.0 Å². The number of aliphatic hydroxyl groups excluding tert-OH is 1. The van der Waals surface area contributed by atoms with E-state index in [9.17, 15) is 4.79 Å². The molecule has 0 aliphatic carbocycles. The lowest BCUT2D eigenvalue weighted by atomic mass is 10.1. The van der Waals surface area contributed by atoms with Crippen LogP contribution in [0.15, 0.2) is 42.5 Å². The van der Waals surface area contributed by atoms with Crippen LogP contribution in [0.5, 0.6) is 5.75 Å². The number of hydrogen-bond donors (Lipinski definition) is 2. The van der Waals surface area contributed by atoms with Crippen molar-refractivity contribution in [3.63, 3.8) is 0 Å². The quantitative estimate of drug-likeness (QED) is 0.834. The molecule has 0 spiro atoms. The van der Waals surface area contributed by atoms with E-state index in [0.717, 1.165) is 11.1 Å². The first kappa shape index (κ1) is 16.2. The Morgan fingerprint density at radius 2 is 1.70 bits per heavy atom. The Bertz CT molecular complexity index is 845. The van der Waals surface area contributed by atoms with Crippen LogP contribution in [0.2, 0.25) is 0 Å². The predicted octanol–water partition coefficient (Wildman–Crippen LogP) is 2.14. The van der Waals surface area contributed by atoms with Gasteiger partial charge in [0.05, 0.1) is 7.11 Å². The first-order valence-electron chi connectivity index (χ1n) is 6.77. The monoisotopic (exact) mass is 306 g/mol. The SMILES string of the molecule is COc1cc(C#Cc2cccc(C#CCO)c2)ccc1C(=O)O. The van der Waals surface area contributed by atoms with Crippen LogP contribution in [0.4, 0.5) is 0 Å². The zero-order valence-electron chi connectivity index (χ0n) is 12.5. The summed E-state index contributed by atoms with van der Waals surface area (Å²) < 4.78 is 5.07. The van der Waals surface area contributed by atoms with E-state index in [1.807, 2.05) is 24.3 Å². The molecule has 0 saturated carbocycles. The number of rotatable bonds is 2. The summed E-state index contributed by atoms with van der Waals surface area (Å²) in [4.78, 5) is 11.0. The molecule has 2 aromatic rings. The highest BCUT2D eigenvalue weighted by molar-refractivity contribution is 5.91. The Balaban J connectivity index is 2.30. The number of carboxylic acids is 1. The van der Waals surface area contributed by atoms with E-state index in [0.29, 0.717) is 5.56 Å². The van der Waals surface area contributed by atoms with Crippen molar-refractivity contribution in [2.24, 2.45) is 0 Å². The third kappa shape index (κ3) is 4.38. The second kappa shape index (κ2) is 7.70. The number of methoxy groups -OCH3 is 1. The van der Waals surface area contributed by atoms with Gasteiger partial charge in [-0.15, -0.1) is 0 Å². The van der Waals surface area contributed by atoms with Crippen molar-refractivity contribution in [1.82, 2.24) is 0 Å². The van der Waals surface area contributed by atoms with Crippen LogP contribution in [0.3, 0.4) is 0 Å². The molecule has 2 rings (SSSR count). The summed E-state index contributed by atoms with van der Waals surface area (Å²) in [7, 11) is 1.42. The van der Waals surface area contributed by atoms with Gasteiger partial charge in [0.25, 0.3) is 0 Å². The van der Waals surface area contributed by atoms with Crippen LogP contribution < -0.4 is 4.74 Å². The van der Waals surface area contributed by atoms with Gasteiger partial charge in [0.1, 0.15) is 17.9 Å². The largest absolute Gasteiger partial charge is 0.496 e. The zero-order chi connectivity index (χ0) is 16.7. The Kier molecular flexibility index (Phi) is 5.41. The van der Waals surface area contributed by atoms with Crippen LogP contribution in [-0.4, -0.2) is 29.9 Å². The van der Waals surface area contributed by atoms with Gasteiger partial charge >= 0.3 is 5.97 Å². The van der Waals surface area contributed by atoms with E-state index in [2.05, 4.69) is 23.7 Å². The summed E-state index contributed by atoms with van der Waals surface area (Å²) in [6.07, 6.45) is 0. The molecule has 4 nitrogen and oxygen atoms in total. The van der Waals surface area contributed by atoms with Crippen molar-refractivity contribution in [2.45, 2.75) is 0 Å². The lowest BCUT2D eigenvalue weighted by molar-refractivity contribution is 0.0693. The van der Waals surface area contributed by atoms with Gasteiger partial charge in [0.15, 0.2) is 0 Å². The molecule has 0 aliphatic heterocycles. The number of aromatic carboxylic acids is 1. The number of carbonyl (C=O) groups is 1. The first-order valence-corrected chi connectivity index (χ1v) is 6.77. The molecule has 0 bridgehead atoms. The number of aliphatic hydroxyl groups is 1. The average molecular weight is 306 g/mol. The van der Waals surface area contributed by atoms with Crippen LogP contribution >= 0.6 is 0 Å². The van der Waals surface area contributed by atoms with Crippen LogP contribution in [0, 0.1) is 23.7 Å². The fourth-order valence-corrected chi connectivity index (χ4v) is 1.91. The first-order chi connectivity index (χ1) is 11.1. The molecule has 0 heterocycles. The molecule has 0 atom stereocenters. The van der Waals surface area contributed by atoms with Crippen LogP contribution in [0.25, 0.3) is 0 Å². The van der Waals surface area contributed by atoms with E-state index < -0.39 is 5.97 Å². The van der Waals surface area contributed by atoms with Crippen molar-refractivity contribution in [1.29, 1.82) is 0 Å². The summed E-state index contributed by atoms with van der Waals surface area (Å²) in [6.45, 7) is -0.189. The molecule has 0 amide bonds. The zero-order valence-corrected chi connectivity index (χ0v) is 12.5. The average Bonchev–Trinajstić information content (AvgIpc) is 2.58. The Hall–Kier alpha value is -3.21. The summed E-state index contributed by atoms with van der Waals surface area (Å²) in [5.41, 5.74) is 2.29. The van der Waals surface area contributed by atoms with Gasteiger partial charge < -0.3 is 14.9 Å². The second-order valence-corrected chi connectivity index (χ2v) is 4.51. The molecule has 0 aromatic heterocycles. The molecule has 2 N–H and O–H groups in total. The molecule has 114 valence electrons. The smallest absolute Gasteiger partial charge is 0.339 e. The van der Waals surface area contributed by atoms with Gasteiger partial charge in [-0.25, -0.2) is 4.79 Å². The molecular formula is C19H14O4. The number of ether oxygens (including phenoxy) is 1. The lowest BCUT2D eigenvalue weighted by Crippen LogP contribution is -2.00. The topological polar surface area (TPSA) is 66.8 Å². The van der Waals surface area contributed by atoms with E-state index in [1.165, 1.54) is 13.2 Å². The Morgan fingerprint density at radius 3 is 2.30 bits per heavy atom.